The molecule has 4 nitrogen and oxygen atoms in total. The fourth-order valence-corrected chi connectivity index (χ4v) is 3.19. The Labute approximate surface area is 121 Å². The van der Waals surface area contributed by atoms with Gasteiger partial charge < -0.3 is 10.6 Å². The molecule has 2 aliphatic rings. The molecule has 110 valence electrons. The van der Waals surface area contributed by atoms with E-state index in [-0.39, 0.29) is 0 Å². The molecule has 3 atom stereocenters. The molecule has 3 unspecified atom stereocenters. The monoisotopic (exact) mass is 274 g/mol. The van der Waals surface area contributed by atoms with E-state index >= 15 is 0 Å². The smallest absolute Gasteiger partial charge is 0.136 e. The van der Waals surface area contributed by atoms with Gasteiger partial charge in [0.2, 0.25) is 0 Å². The van der Waals surface area contributed by atoms with E-state index in [1.807, 2.05) is 7.05 Å². The molecule has 0 aromatic carbocycles. The summed E-state index contributed by atoms with van der Waals surface area (Å²) in [6, 6.07) is 0.551. The molecule has 20 heavy (non-hydrogen) atoms. The van der Waals surface area contributed by atoms with Crippen molar-refractivity contribution in [3.8, 4) is 0 Å². The minimum atomic E-state index is 0.551. The molecule has 3 rings (SSSR count). The van der Waals surface area contributed by atoms with Crippen LogP contribution in [0.4, 0.5) is 11.6 Å². The van der Waals surface area contributed by atoms with Crippen LogP contribution in [0.25, 0.3) is 0 Å². The predicted molar refractivity (Wildman–Crippen MR) is 83.3 cm³/mol. The summed E-state index contributed by atoms with van der Waals surface area (Å²) in [5.74, 6) is 5.14. The third kappa shape index (κ3) is 2.48. The molecule has 0 bridgehead atoms. The molecule has 2 N–H and O–H groups in total. The summed E-state index contributed by atoms with van der Waals surface area (Å²) >= 11 is 0. The van der Waals surface area contributed by atoms with Crippen molar-refractivity contribution in [3.63, 3.8) is 0 Å². The Hall–Kier alpha value is -1.32. The highest BCUT2D eigenvalue weighted by Crippen LogP contribution is 2.40. The van der Waals surface area contributed by atoms with Crippen LogP contribution in [0.5, 0.6) is 0 Å². The Bertz CT molecular complexity index is 495. The summed E-state index contributed by atoms with van der Waals surface area (Å²) in [4.78, 5) is 9.46. The fraction of sp³-hybridized carbons (Fsp3) is 0.750. The van der Waals surface area contributed by atoms with Gasteiger partial charge in [-0.2, -0.15) is 0 Å². The number of aromatic nitrogens is 2. The van der Waals surface area contributed by atoms with Gasteiger partial charge in [-0.3, -0.25) is 0 Å². The topological polar surface area (TPSA) is 49.8 Å². The van der Waals surface area contributed by atoms with E-state index < -0.39 is 0 Å². The Morgan fingerprint density at radius 1 is 1.00 bits per heavy atom. The van der Waals surface area contributed by atoms with Crippen molar-refractivity contribution in [2.45, 2.75) is 58.4 Å². The number of anilines is 2. The van der Waals surface area contributed by atoms with Gasteiger partial charge in [0.1, 0.15) is 17.5 Å². The van der Waals surface area contributed by atoms with Crippen molar-refractivity contribution in [1.29, 1.82) is 0 Å². The van der Waals surface area contributed by atoms with Crippen molar-refractivity contribution < 1.29 is 0 Å². The van der Waals surface area contributed by atoms with Crippen LogP contribution < -0.4 is 10.6 Å². The van der Waals surface area contributed by atoms with Gasteiger partial charge in [0.25, 0.3) is 0 Å². The Morgan fingerprint density at radius 3 is 2.25 bits per heavy atom. The van der Waals surface area contributed by atoms with Crippen LogP contribution >= 0.6 is 0 Å². The summed E-state index contributed by atoms with van der Waals surface area (Å²) in [6.07, 6.45) is 5.04. The highest BCUT2D eigenvalue weighted by atomic mass is 15.1. The second-order valence-corrected chi connectivity index (χ2v) is 6.59. The molecule has 2 saturated carbocycles. The SMILES string of the molecule is CNc1nc(C2CC2)nc(NC2CCC(C)C2C)c1C. The summed E-state index contributed by atoms with van der Waals surface area (Å²) in [7, 11) is 1.94. The Kier molecular flexibility index (Phi) is 3.57. The molecule has 0 aliphatic heterocycles. The highest BCUT2D eigenvalue weighted by Gasteiger charge is 2.32. The maximum absolute atomic E-state index is 4.80. The van der Waals surface area contributed by atoms with E-state index in [1.54, 1.807) is 0 Å². The molecular weight excluding hydrogens is 248 g/mol. The van der Waals surface area contributed by atoms with Gasteiger partial charge in [0, 0.05) is 24.6 Å². The van der Waals surface area contributed by atoms with Crippen molar-refractivity contribution in [2.24, 2.45) is 11.8 Å². The van der Waals surface area contributed by atoms with Gasteiger partial charge in [-0.05, 0) is 44.4 Å². The quantitative estimate of drug-likeness (QED) is 0.881. The number of hydrogen-bond donors (Lipinski definition) is 2. The highest BCUT2D eigenvalue weighted by molar-refractivity contribution is 5.57. The fourth-order valence-electron chi connectivity index (χ4n) is 3.19. The lowest BCUT2D eigenvalue weighted by Crippen LogP contribution is -2.25. The van der Waals surface area contributed by atoms with E-state index in [1.165, 1.54) is 25.7 Å². The molecule has 1 heterocycles. The van der Waals surface area contributed by atoms with E-state index in [2.05, 4.69) is 36.4 Å². The van der Waals surface area contributed by atoms with E-state index in [9.17, 15) is 0 Å². The van der Waals surface area contributed by atoms with Crippen molar-refractivity contribution in [1.82, 2.24) is 9.97 Å². The second kappa shape index (κ2) is 5.23. The number of rotatable bonds is 4. The number of hydrogen-bond acceptors (Lipinski definition) is 4. The summed E-state index contributed by atoms with van der Waals surface area (Å²) in [6.45, 7) is 6.81. The molecule has 0 amide bonds. The molecule has 0 spiro atoms. The van der Waals surface area contributed by atoms with Crippen LogP contribution in [0.3, 0.4) is 0 Å². The zero-order chi connectivity index (χ0) is 14.3. The molecular formula is C16H26N4. The first-order valence-corrected chi connectivity index (χ1v) is 7.93. The lowest BCUT2D eigenvalue weighted by atomic mass is 9.98. The molecule has 2 fully saturated rings. The largest absolute Gasteiger partial charge is 0.373 e. The molecule has 1 aromatic heterocycles. The first-order chi connectivity index (χ1) is 9.60. The van der Waals surface area contributed by atoms with Crippen LogP contribution in [0.15, 0.2) is 0 Å². The third-order valence-corrected chi connectivity index (χ3v) is 5.13. The summed E-state index contributed by atoms with van der Waals surface area (Å²) < 4.78 is 0. The number of nitrogens with one attached hydrogen (secondary N) is 2. The molecule has 4 heteroatoms. The molecule has 0 radical (unpaired) electrons. The minimum absolute atomic E-state index is 0.551. The van der Waals surface area contributed by atoms with E-state index in [4.69, 9.17) is 4.98 Å². The lowest BCUT2D eigenvalue weighted by molar-refractivity contribution is 0.435. The molecule has 2 aliphatic carbocycles. The average molecular weight is 274 g/mol. The van der Waals surface area contributed by atoms with Gasteiger partial charge in [-0.25, -0.2) is 9.97 Å². The first kappa shape index (κ1) is 13.7. The Balaban J connectivity index is 1.86. The average Bonchev–Trinajstić information content (AvgIpc) is 3.24. The normalized spacial score (nSPS) is 29.5. The second-order valence-electron chi connectivity index (χ2n) is 6.59. The van der Waals surface area contributed by atoms with Gasteiger partial charge in [-0.1, -0.05) is 13.8 Å². The zero-order valence-corrected chi connectivity index (χ0v) is 13.0. The van der Waals surface area contributed by atoms with Gasteiger partial charge in [-0.15, -0.1) is 0 Å². The molecule has 0 saturated heterocycles. The van der Waals surface area contributed by atoms with Crippen LogP contribution in [-0.4, -0.2) is 23.1 Å². The summed E-state index contributed by atoms with van der Waals surface area (Å²) in [5, 5.41) is 6.91. The minimum Gasteiger partial charge on any atom is -0.373 e. The van der Waals surface area contributed by atoms with Crippen LogP contribution in [0.2, 0.25) is 0 Å². The Morgan fingerprint density at radius 2 is 1.70 bits per heavy atom. The van der Waals surface area contributed by atoms with Crippen LogP contribution in [-0.2, 0) is 0 Å². The summed E-state index contributed by atoms with van der Waals surface area (Å²) in [5.41, 5.74) is 1.14. The third-order valence-electron chi connectivity index (χ3n) is 5.13. The molecule has 1 aromatic rings. The predicted octanol–water partition coefficient (Wildman–Crippen LogP) is 3.55. The van der Waals surface area contributed by atoms with E-state index in [0.29, 0.717) is 17.9 Å². The lowest BCUT2D eigenvalue weighted by Gasteiger charge is -2.22. The van der Waals surface area contributed by atoms with Crippen molar-refractivity contribution in [2.75, 3.05) is 17.7 Å². The van der Waals surface area contributed by atoms with Crippen LogP contribution in [0, 0.1) is 18.8 Å². The number of nitrogens with zero attached hydrogens (tertiary/aromatic N) is 2. The van der Waals surface area contributed by atoms with Gasteiger partial charge >= 0.3 is 0 Å². The van der Waals surface area contributed by atoms with Gasteiger partial charge in [0.05, 0.1) is 0 Å². The van der Waals surface area contributed by atoms with Crippen LogP contribution in [0.1, 0.15) is 56.8 Å². The van der Waals surface area contributed by atoms with Crippen molar-refractivity contribution >= 4 is 11.6 Å². The van der Waals surface area contributed by atoms with E-state index in [0.717, 1.165) is 28.9 Å². The maximum atomic E-state index is 4.80. The van der Waals surface area contributed by atoms with Gasteiger partial charge in [0.15, 0.2) is 0 Å². The van der Waals surface area contributed by atoms with Crippen molar-refractivity contribution in [3.05, 3.63) is 11.4 Å². The standard InChI is InChI=1S/C16H26N4/c1-9-5-8-13(10(9)2)18-15-11(3)14(17-4)19-16(20-15)12-6-7-12/h9-10,12-13H,5-8H2,1-4H3,(H2,17,18,19,20). The maximum Gasteiger partial charge on any atom is 0.136 e. The first-order valence-electron chi connectivity index (χ1n) is 7.93. The zero-order valence-electron chi connectivity index (χ0n) is 13.0.